The van der Waals surface area contributed by atoms with Gasteiger partial charge in [0.05, 0.1) is 5.69 Å². The molecule has 0 atom stereocenters. The van der Waals surface area contributed by atoms with Gasteiger partial charge in [-0.3, -0.25) is 0 Å². The molecule has 0 radical (unpaired) electrons. The van der Waals surface area contributed by atoms with E-state index in [1.807, 2.05) is 0 Å². The minimum Gasteiger partial charge on any atom is -0.237 e. The summed E-state index contributed by atoms with van der Waals surface area (Å²) >= 11 is 1.72. The van der Waals surface area contributed by atoms with Crippen LogP contribution in [0.5, 0.6) is 0 Å². The van der Waals surface area contributed by atoms with Gasteiger partial charge in [0.2, 0.25) is 0 Å². The zero-order valence-electron chi connectivity index (χ0n) is 21.9. The second-order valence-corrected chi connectivity index (χ2v) is 11.4. The van der Waals surface area contributed by atoms with Gasteiger partial charge in [-0.1, -0.05) is 80.6 Å². The highest BCUT2D eigenvalue weighted by molar-refractivity contribution is 7.16. The lowest BCUT2D eigenvalue weighted by Crippen LogP contribution is -1.98. The van der Waals surface area contributed by atoms with Crippen LogP contribution in [0.25, 0.3) is 54.5 Å². The summed E-state index contributed by atoms with van der Waals surface area (Å²) in [6.07, 6.45) is 1.11. The molecule has 0 fully saturated rings. The van der Waals surface area contributed by atoms with Crippen LogP contribution < -0.4 is 0 Å². The number of thiophene rings is 1. The van der Waals surface area contributed by atoms with E-state index in [0.29, 0.717) is 5.92 Å². The standard InChI is InChI=1S/C35H31NS/c1-22(2)16-25-17-23(3)34(24(4)18-25)32-21-33(36-35-30(32)14-15-37-35)28-19-27-12-8-9-13-29(27)31(20-28)26-10-6-5-7-11-26/h5-15,17-22H,16H2,1-4H3. The maximum atomic E-state index is 5.17. The molecule has 0 aliphatic carbocycles. The number of pyridine rings is 1. The summed E-state index contributed by atoms with van der Waals surface area (Å²) in [6.45, 7) is 9.09. The molecule has 1 nitrogen and oxygen atoms in total. The molecule has 4 aromatic carbocycles. The van der Waals surface area contributed by atoms with Crippen LogP contribution in [0, 0.1) is 19.8 Å². The number of aromatic nitrogens is 1. The number of hydrogen-bond acceptors (Lipinski definition) is 2. The van der Waals surface area contributed by atoms with Crippen LogP contribution in [0.4, 0.5) is 0 Å². The summed E-state index contributed by atoms with van der Waals surface area (Å²) in [7, 11) is 0. The van der Waals surface area contributed by atoms with E-state index in [1.165, 1.54) is 55.1 Å². The number of nitrogens with zero attached hydrogens (tertiary/aromatic N) is 1. The van der Waals surface area contributed by atoms with Crippen molar-refractivity contribution in [2.75, 3.05) is 0 Å². The molecule has 0 aliphatic rings. The molecule has 2 heteroatoms. The van der Waals surface area contributed by atoms with Crippen molar-refractivity contribution in [1.82, 2.24) is 4.98 Å². The Morgan fingerprint density at radius 1 is 0.703 bits per heavy atom. The summed E-state index contributed by atoms with van der Waals surface area (Å²) in [6, 6.07) is 33.2. The molecule has 6 rings (SSSR count). The van der Waals surface area contributed by atoms with E-state index >= 15 is 0 Å². The van der Waals surface area contributed by atoms with Crippen LogP contribution in [0.15, 0.2) is 96.4 Å². The first-order valence-electron chi connectivity index (χ1n) is 13.1. The van der Waals surface area contributed by atoms with E-state index < -0.39 is 0 Å². The van der Waals surface area contributed by atoms with Crippen molar-refractivity contribution in [2.45, 2.75) is 34.1 Å². The summed E-state index contributed by atoms with van der Waals surface area (Å²) in [5.74, 6) is 0.646. The molecule has 0 saturated heterocycles. The molecule has 0 N–H and O–H groups in total. The molecule has 0 aliphatic heterocycles. The maximum Gasteiger partial charge on any atom is 0.124 e. The summed E-state index contributed by atoms with van der Waals surface area (Å²) in [5.41, 5.74) is 11.4. The molecule has 0 bridgehead atoms. The van der Waals surface area contributed by atoms with Crippen LogP contribution in [-0.4, -0.2) is 4.98 Å². The van der Waals surface area contributed by atoms with Crippen molar-refractivity contribution in [3.8, 4) is 33.5 Å². The van der Waals surface area contributed by atoms with Crippen LogP contribution in [0.3, 0.4) is 0 Å². The molecule has 37 heavy (non-hydrogen) atoms. The van der Waals surface area contributed by atoms with E-state index in [1.54, 1.807) is 11.3 Å². The van der Waals surface area contributed by atoms with E-state index in [-0.39, 0.29) is 0 Å². The zero-order valence-corrected chi connectivity index (χ0v) is 22.7. The summed E-state index contributed by atoms with van der Waals surface area (Å²) in [4.78, 5) is 6.26. The SMILES string of the molecule is Cc1cc(CC(C)C)cc(C)c1-c1cc(-c2cc(-c3ccccc3)c3ccccc3c2)nc2sccc12. The Balaban J connectivity index is 1.58. The molecule has 182 valence electrons. The zero-order chi connectivity index (χ0) is 25.5. The van der Waals surface area contributed by atoms with Gasteiger partial charge in [0, 0.05) is 10.9 Å². The summed E-state index contributed by atoms with van der Waals surface area (Å²) in [5, 5.41) is 5.90. The minimum atomic E-state index is 0.646. The van der Waals surface area contributed by atoms with Gasteiger partial charge >= 0.3 is 0 Å². The highest BCUT2D eigenvalue weighted by Crippen LogP contribution is 2.40. The number of aryl methyl sites for hydroxylation is 2. The largest absolute Gasteiger partial charge is 0.237 e. The van der Waals surface area contributed by atoms with Gasteiger partial charge in [-0.05, 0) is 106 Å². The first-order valence-corrected chi connectivity index (χ1v) is 13.9. The Hall–Kier alpha value is -3.75. The molecule has 2 heterocycles. The number of fused-ring (bicyclic) bond motifs is 2. The fraction of sp³-hybridized carbons (Fsp3) is 0.171. The molecular weight excluding hydrogens is 466 g/mol. The Kier molecular flexibility index (Phi) is 6.14. The molecule has 2 aromatic heterocycles. The van der Waals surface area contributed by atoms with Gasteiger partial charge in [0.25, 0.3) is 0 Å². The lowest BCUT2D eigenvalue weighted by atomic mass is 9.89. The van der Waals surface area contributed by atoms with Crippen molar-refractivity contribution >= 4 is 32.3 Å². The Labute approximate surface area is 223 Å². The molecule has 0 spiro atoms. The monoisotopic (exact) mass is 497 g/mol. The minimum absolute atomic E-state index is 0.646. The lowest BCUT2D eigenvalue weighted by molar-refractivity contribution is 0.647. The highest BCUT2D eigenvalue weighted by Gasteiger charge is 2.16. The number of hydrogen-bond donors (Lipinski definition) is 0. The second kappa shape index (κ2) is 9.61. The fourth-order valence-corrected chi connectivity index (χ4v) is 6.48. The Morgan fingerprint density at radius 3 is 2.19 bits per heavy atom. The van der Waals surface area contributed by atoms with E-state index in [4.69, 9.17) is 4.98 Å². The first kappa shape index (κ1) is 23.6. The normalized spacial score (nSPS) is 11.6. The van der Waals surface area contributed by atoms with Crippen LogP contribution in [-0.2, 0) is 6.42 Å². The average molecular weight is 498 g/mol. The van der Waals surface area contributed by atoms with Gasteiger partial charge in [-0.2, -0.15) is 0 Å². The smallest absolute Gasteiger partial charge is 0.124 e. The van der Waals surface area contributed by atoms with Gasteiger partial charge < -0.3 is 0 Å². The van der Waals surface area contributed by atoms with E-state index in [2.05, 4.69) is 124 Å². The van der Waals surface area contributed by atoms with Gasteiger partial charge in [0.15, 0.2) is 0 Å². The van der Waals surface area contributed by atoms with Crippen molar-refractivity contribution in [1.29, 1.82) is 0 Å². The van der Waals surface area contributed by atoms with Crippen molar-refractivity contribution < 1.29 is 0 Å². The number of rotatable bonds is 5. The van der Waals surface area contributed by atoms with E-state index in [0.717, 1.165) is 22.5 Å². The van der Waals surface area contributed by atoms with Gasteiger partial charge in [-0.25, -0.2) is 4.98 Å². The third-order valence-electron chi connectivity index (χ3n) is 7.19. The topological polar surface area (TPSA) is 12.9 Å². The van der Waals surface area contributed by atoms with Gasteiger partial charge in [0.1, 0.15) is 4.83 Å². The third-order valence-corrected chi connectivity index (χ3v) is 7.99. The molecule has 0 amide bonds. The molecule has 0 unspecified atom stereocenters. The first-order chi connectivity index (χ1) is 18.0. The third kappa shape index (κ3) is 4.47. The highest BCUT2D eigenvalue weighted by atomic mass is 32.1. The molecular formula is C35H31NS. The predicted octanol–water partition coefficient (Wildman–Crippen LogP) is 10.3. The quantitative estimate of drug-likeness (QED) is 0.231. The molecule has 6 aromatic rings. The second-order valence-electron chi connectivity index (χ2n) is 10.5. The number of benzene rings is 4. The van der Waals surface area contributed by atoms with E-state index in [9.17, 15) is 0 Å². The van der Waals surface area contributed by atoms with Crippen molar-refractivity contribution in [3.63, 3.8) is 0 Å². The maximum absolute atomic E-state index is 5.17. The van der Waals surface area contributed by atoms with Crippen LogP contribution in [0.1, 0.15) is 30.5 Å². The van der Waals surface area contributed by atoms with Crippen LogP contribution >= 0.6 is 11.3 Å². The summed E-state index contributed by atoms with van der Waals surface area (Å²) < 4.78 is 0. The Morgan fingerprint density at radius 2 is 1.43 bits per heavy atom. The lowest BCUT2D eigenvalue weighted by Gasteiger charge is -2.17. The van der Waals surface area contributed by atoms with Crippen LogP contribution in [0.2, 0.25) is 0 Å². The average Bonchev–Trinajstić information content (AvgIpc) is 3.37. The predicted molar refractivity (Wildman–Crippen MR) is 161 cm³/mol. The van der Waals surface area contributed by atoms with Crippen molar-refractivity contribution in [2.24, 2.45) is 5.92 Å². The Bertz CT molecular complexity index is 1720. The molecule has 0 saturated carbocycles. The fourth-order valence-electron chi connectivity index (χ4n) is 5.69. The van der Waals surface area contributed by atoms with Crippen molar-refractivity contribution in [3.05, 3.63) is 113 Å². The van der Waals surface area contributed by atoms with Gasteiger partial charge in [-0.15, -0.1) is 11.3 Å².